The van der Waals surface area contributed by atoms with Crippen LogP contribution >= 0.6 is 0 Å². The molecule has 0 saturated heterocycles. The van der Waals surface area contributed by atoms with E-state index in [9.17, 15) is 9.59 Å². The number of nitrogens with two attached hydrogens (primary N) is 1. The van der Waals surface area contributed by atoms with Gasteiger partial charge in [0.25, 0.3) is 5.56 Å². The lowest BCUT2D eigenvalue weighted by Gasteiger charge is -2.07. The Morgan fingerprint density at radius 3 is 2.70 bits per heavy atom. The van der Waals surface area contributed by atoms with E-state index >= 15 is 0 Å². The SMILES string of the molecule is CCOC(=O)c1c(-c2ccc(OC)cc2N)[nH][nH]c1=O. The molecule has 106 valence electrons. The van der Waals surface area contributed by atoms with Crippen molar-refractivity contribution in [2.24, 2.45) is 0 Å². The normalized spacial score (nSPS) is 10.3. The molecular formula is C13H15N3O4. The maximum Gasteiger partial charge on any atom is 0.346 e. The number of carbonyl (C=O) groups excluding carboxylic acids is 1. The van der Waals surface area contributed by atoms with Crippen molar-refractivity contribution < 1.29 is 14.3 Å². The first kappa shape index (κ1) is 13.7. The van der Waals surface area contributed by atoms with E-state index in [2.05, 4.69) is 10.2 Å². The average Bonchev–Trinajstić information content (AvgIpc) is 2.80. The molecule has 0 fully saturated rings. The highest BCUT2D eigenvalue weighted by Crippen LogP contribution is 2.29. The molecule has 0 aliphatic heterocycles. The summed E-state index contributed by atoms with van der Waals surface area (Å²) in [6, 6.07) is 4.96. The Balaban J connectivity index is 2.54. The average molecular weight is 277 g/mol. The highest BCUT2D eigenvalue weighted by Gasteiger charge is 2.21. The molecule has 0 saturated carbocycles. The third-order valence-corrected chi connectivity index (χ3v) is 2.79. The van der Waals surface area contributed by atoms with Crippen LogP contribution in [0.5, 0.6) is 5.75 Å². The van der Waals surface area contributed by atoms with Gasteiger partial charge in [0.2, 0.25) is 0 Å². The molecule has 0 aliphatic carbocycles. The number of nitrogen functional groups attached to an aromatic ring is 1. The zero-order valence-corrected chi connectivity index (χ0v) is 11.1. The van der Waals surface area contributed by atoms with Crippen LogP contribution in [-0.4, -0.2) is 29.9 Å². The number of esters is 1. The van der Waals surface area contributed by atoms with E-state index in [1.165, 1.54) is 7.11 Å². The second kappa shape index (κ2) is 5.52. The molecule has 0 unspecified atom stereocenters. The van der Waals surface area contributed by atoms with Crippen LogP contribution in [0.4, 0.5) is 5.69 Å². The van der Waals surface area contributed by atoms with E-state index in [0.717, 1.165) is 0 Å². The quantitative estimate of drug-likeness (QED) is 0.573. The van der Waals surface area contributed by atoms with Gasteiger partial charge in [0.05, 0.1) is 19.4 Å². The summed E-state index contributed by atoms with van der Waals surface area (Å²) in [5.41, 5.74) is 6.47. The standard InChI is InChI=1S/C13H15N3O4/c1-3-20-13(18)10-11(15-16-12(10)17)8-5-4-7(19-2)6-9(8)14/h4-6H,3,14H2,1-2H3,(H2,15,16,17). The topological polar surface area (TPSA) is 110 Å². The Hall–Kier alpha value is -2.70. The number of carbonyl (C=O) groups is 1. The van der Waals surface area contributed by atoms with Crippen molar-refractivity contribution in [2.75, 3.05) is 19.5 Å². The van der Waals surface area contributed by atoms with Crippen molar-refractivity contribution >= 4 is 11.7 Å². The van der Waals surface area contributed by atoms with Crippen LogP contribution < -0.4 is 16.0 Å². The van der Waals surface area contributed by atoms with Crippen molar-refractivity contribution in [3.8, 4) is 17.0 Å². The minimum atomic E-state index is -0.694. The smallest absolute Gasteiger partial charge is 0.346 e. The maximum atomic E-state index is 11.8. The van der Waals surface area contributed by atoms with Gasteiger partial charge < -0.3 is 15.2 Å². The van der Waals surface area contributed by atoms with Gasteiger partial charge in [-0.25, -0.2) is 4.79 Å². The highest BCUT2D eigenvalue weighted by atomic mass is 16.5. The van der Waals surface area contributed by atoms with Gasteiger partial charge in [0, 0.05) is 17.3 Å². The van der Waals surface area contributed by atoms with E-state index in [0.29, 0.717) is 22.7 Å². The molecule has 0 atom stereocenters. The first-order chi connectivity index (χ1) is 9.58. The van der Waals surface area contributed by atoms with Gasteiger partial charge in [-0.05, 0) is 19.1 Å². The van der Waals surface area contributed by atoms with Gasteiger partial charge in [-0.15, -0.1) is 0 Å². The Kier molecular flexibility index (Phi) is 3.79. The van der Waals surface area contributed by atoms with Crippen LogP contribution in [0.25, 0.3) is 11.3 Å². The molecule has 0 amide bonds. The highest BCUT2D eigenvalue weighted by molar-refractivity contribution is 5.97. The number of H-pyrrole nitrogens is 2. The third kappa shape index (κ3) is 2.37. The number of anilines is 1. The van der Waals surface area contributed by atoms with Crippen LogP contribution in [0.2, 0.25) is 0 Å². The zero-order valence-electron chi connectivity index (χ0n) is 11.1. The van der Waals surface area contributed by atoms with Crippen LogP contribution in [0.1, 0.15) is 17.3 Å². The van der Waals surface area contributed by atoms with E-state index in [4.69, 9.17) is 15.2 Å². The van der Waals surface area contributed by atoms with Crippen LogP contribution in [0.3, 0.4) is 0 Å². The molecule has 1 aromatic heterocycles. The number of nitrogens with one attached hydrogen (secondary N) is 2. The van der Waals surface area contributed by atoms with Gasteiger partial charge >= 0.3 is 5.97 Å². The van der Waals surface area contributed by atoms with Crippen molar-refractivity contribution in [3.05, 3.63) is 34.1 Å². The third-order valence-electron chi connectivity index (χ3n) is 2.79. The van der Waals surface area contributed by atoms with Gasteiger partial charge in [-0.1, -0.05) is 0 Å². The number of ether oxygens (including phenoxy) is 2. The Labute approximate surface area is 114 Å². The summed E-state index contributed by atoms with van der Waals surface area (Å²) in [5.74, 6) is -0.109. The minimum absolute atomic E-state index is 0.0938. The number of hydrogen-bond acceptors (Lipinski definition) is 5. The van der Waals surface area contributed by atoms with Crippen molar-refractivity contribution in [2.45, 2.75) is 6.92 Å². The lowest BCUT2D eigenvalue weighted by atomic mass is 10.1. The summed E-state index contributed by atoms with van der Waals surface area (Å²) in [6.45, 7) is 1.85. The second-order valence-electron chi connectivity index (χ2n) is 4.00. The lowest BCUT2D eigenvalue weighted by Crippen LogP contribution is -2.16. The predicted molar refractivity (Wildman–Crippen MR) is 73.8 cm³/mol. The van der Waals surface area contributed by atoms with Gasteiger partial charge in [-0.3, -0.25) is 15.0 Å². The molecule has 7 heteroatoms. The van der Waals surface area contributed by atoms with Crippen LogP contribution in [0.15, 0.2) is 23.0 Å². The van der Waals surface area contributed by atoms with E-state index < -0.39 is 11.5 Å². The Morgan fingerprint density at radius 2 is 2.10 bits per heavy atom. The first-order valence-electron chi connectivity index (χ1n) is 6.00. The summed E-state index contributed by atoms with van der Waals surface area (Å²) in [4.78, 5) is 23.5. The predicted octanol–water partition coefficient (Wildman–Crippen LogP) is 1.14. The number of aromatic nitrogens is 2. The molecular weight excluding hydrogens is 262 g/mol. The largest absolute Gasteiger partial charge is 0.497 e. The van der Waals surface area contributed by atoms with Crippen molar-refractivity contribution in [3.63, 3.8) is 0 Å². The molecule has 0 radical (unpaired) electrons. The maximum absolute atomic E-state index is 11.8. The molecule has 1 aromatic carbocycles. The van der Waals surface area contributed by atoms with Gasteiger partial charge in [0.15, 0.2) is 5.56 Å². The van der Waals surface area contributed by atoms with E-state index in [-0.39, 0.29) is 12.2 Å². The van der Waals surface area contributed by atoms with Crippen LogP contribution in [-0.2, 0) is 4.74 Å². The second-order valence-corrected chi connectivity index (χ2v) is 4.00. The first-order valence-corrected chi connectivity index (χ1v) is 6.00. The molecule has 1 heterocycles. The summed E-state index contributed by atoms with van der Waals surface area (Å²) in [6.07, 6.45) is 0. The number of rotatable bonds is 4. The van der Waals surface area contributed by atoms with E-state index in [1.54, 1.807) is 25.1 Å². The molecule has 4 N–H and O–H groups in total. The van der Waals surface area contributed by atoms with Crippen LogP contribution in [0, 0.1) is 0 Å². The Bertz CT molecular complexity index is 687. The minimum Gasteiger partial charge on any atom is -0.497 e. The fourth-order valence-electron chi connectivity index (χ4n) is 1.85. The summed E-state index contributed by atoms with van der Waals surface area (Å²) in [5, 5.41) is 5.01. The van der Waals surface area contributed by atoms with E-state index in [1.807, 2.05) is 0 Å². The molecule has 20 heavy (non-hydrogen) atoms. The number of benzene rings is 1. The summed E-state index contributed by atoms with van der Waals surface area (Å²) >= 11 is 0. The molecule has 0 bridgehead atoms. The molecule has 2 aromatic rings. The monoisotopic (exact) mass is 277 g/mol. The Morgan fingerprint density at radius 1 is 1.35 bits per heavy atom. The summed E-state index contributed by atoms with van der Waals surface area (Å²) in [7, 11) is 1.52. The fraction of sp³-hybridized carbons (Fsp3) is 0.231. The van der Waals surface area contributed by atoms with Gasteiger partial charge in [-0.2, -0.15) is 0 Å². The lowest BCUT2D eigenvalue weighted by molar-refractivity contribution is 0.0526. The fourth-order valence-corrected chi connectivity index (χ4v) is 1.85. The summed E-state index contributed by atoms with van der Waals surface area (Å²) < 4.78 is 9.93. The zero-order chi connectivity index (χ0) is 14.7. The molecule has 2 rings (SSSR count). The van der Waals surface area contributed by atoms with Crippen molar-refractivity contribution in [1.29, 1.82) is 0 Å². The van der Waals surface area contributed by atoms with Gasteiger partial charge in [0.1, 0.15) is 5.75 Å². The molecule has 0 spiro atoms. The number of hydrogen-bond donors (Lipinski definition) is 3. The number of methoxy groups -OCH3 is 1. The molecule has 0 aliphatic rings. The van der Waals surface area contributed by atoms with Crippen molar-refractivity contribution in [1.82, 2.24) is 10.2 Å². The molecule has 7 nitrogen and oxygen atoms in total. The number of aromatic amines is 2.